The van der Waals surface area contributed by atoms with Crippen molar-refractivity contribution >= 4 is 5.91 Å². The molecule has 1 amide bonds. The van der Waals surface area contributed by atoms with Crippen LogP contribution in [0.3, 0.4) is 0 Å². The van der Waals surface area contributed by atoms with E-state index in [0.29, 0.717) is 18.0 Å². The monoisotopic (exact) mass is 252 g/mol. The van der Waals surface area contributed by atoms with Gasteiger partial charge in [0.2, 0.25) is 5.91 Å². The molecule has 0 spiro atoms. The van der Waals surface area contributed by atoms with E-state index in [9.17, 15) is 4.79 Å². The van der Waals surface area contributed by atoms with Crippen molar-refractivity contribution in [2.45, 2.75) is 71.4 Å². The molecule has 1 heterocycles. The maximum atomic E-state index is 12.4. The summed E-state index contributed by atoms with van der Waals surface area (Å²) in [4.78, 5) is 12.4. The number of carbonyl (C=O) groups excluding carboxylic acids is 1. The normalized spacial score (nSPS) is 36.1. The number of carbonyl (C=O) groups is 1. The molecule has 0 bridgehead atoms. The van der Waals surface area contributed by atoms with Crippen LogP contribution in [-0.2, 0) is 4.79 Å². The molecule has 1 saturated heterocycles. The van der Waals surface area contributed by atoms with Gasteiger partial charge in [0.05, 0.1) is 0 Å². The van der Waals surface area contributed by atoms with Gasteiger partial charge in [-0.3, -0.25) is 4.79 Å². The van der Waals surface area contributed by atoms with Gasteiger partial charge in [-0.05, 0) is 38.0 Å². The highest BCUT2D eigenvalue weighted by molar-refractivity contribution is 5.79. The average molecular weight is 252 g/mol. The van der Waals surface area contributed by atoms with Crippen LogP contribution >= 0.6 is 0 Å². The van der Waals surface area contributed by atoms with Crippen LogP contribution in [0.25, 0.3) is 0 Å². The number of piperidine rings is 1. The summed E-state index contributed by atoms with van der Waals surface area (Å²) in [6.07, 6.45) is 7.02. The van der Waals surface area contributed by atoms with Crippen molar-refractivity contribution in [2.24, 2.45) is 11.3 Å². The van der Waals surface area contributed by atoms with Crippen LogP contribution in [0.15, 0.2) is 0 Å². The molecule has 0 aromatic carbocycles. The molecule has 0 aromatic heterocycles. The summed E-state index contributed by atoms with van der Waals surface area (Å²) in [5.74, 6) is 0.506. The van der Waals surface area contributed by atoms with E-state index >= 15 is 0 Å². The first-order chi connectivity index (χ1) is 8.49. The molecule has 3 heteroatoms. The molecule has 3 nitrogen and oxygen atoms in total. The van der Waals surface area contributed by atoms with Crippen LogP contribution in [0.1, 0.15) is 59.3 Å². The van der Waals surface area contributed by atoms with Crippen molar-refractivity contribution in [1.29, 1.82) is 0 Å². The fourth-order valence-corrected chi connectivity index (χ4v) is 3.40. The molecule has 2 rings (SSSR count). The molecule has 1 aliphatic carbocycles. The first-order valence-electron chi connectivity index (χ1n) is 7.53. The molecule has 2 N–H and O–H groups in total. The molecular weight excluding hydrogens is 224 g/mol. The topological polar surface area (TPSA) is 41.1 Å². The molecule has 1 saturated carbocycles. The second kappa shape index (κ2) is 5.60. The summed E-state index contributed by atoms with van der Waals surface area (Å²) < 4.78 is 0. The van der Waals surface area contributed by atoms with E-state index in [0.717, 1.165) is 19.4 Å². The number of rotatable bonds is 2. The average Bonchev–Trinajstić information content (AvgIpc) is 2.31. The zero-order chi connectivity index (χ0) is 13.2. The highest BCUT2D eigenvalue weighted by atomic mass is 16.2. The summed E-state index contributed by atoms with van der Waals surface area (Å²) in [5, 5.41) is 6.71. The molecule has 3 atom stereocenters. The minimum absolute atomic E-state index is 0.178. The van der Waals surface area contributed by atoms with Crippen LogP contribution in [0, 0.1) is 11.3 Å². The van der Waals surface area contributed by atoms with Crippen LogP contribution in [0.4, 0.5) is 0 Å². The van der Waals surface area contributed by atoms with E-state index in [4.69, 9.17) is 0 Å². The van der Waals surface area contributed by atoms with Crippen molar-refractivity contribution in [3.63, 3.8) is 0 Å². The highest BCUT2D eigenvalue weighted by Gasteiger charge is 2.37. The molecule has 2 fully saturated rings. The van der Waals surface area contributed by atoms with Gasteiger partial charge in [0.1, 0.15) is 0 Å². The standard InChI is InChI=1S/C15H28N2O/c1-11-7-8-12(10-16-11)17-14(18)13-6-4-5-9-15(13,2)3/h11-13,16H,4-10H2,1-3H3,(H,17,18). The Kier molecular flexibility index (Phi) is 4.31. The van der Waals surface area contributed by atoms with E-state index in [1.807, 2.05) is 0 Å². The Morgan fingerprint density at radius 3 is 2.61 bits per heavy atom. The lowest BCUT2D eigenvalue weighted by Gasteiger charge is -2.39. The van der Waals surface area contributed by atoms with Gasteiger partial charge in [-0.2, -0.15) is 0 Å². The first kappa shape index (κ1) is 13.9. The summed E-state index contributed by atoms with van der Waals surface area (Å²) in [7, 11) is 0. The van der Waals surface area contributed by atoms with Crippen LogP contribution < -0.4 is 10.6 Å². The maximum Gasteiger partial charge on any atom is 0.223 e. The molecular formula is C15H28N2O. The van der Waals surface area contributed by atoms with Gasteiger partial charge in [-0.15, -0.1) is 0 Å². The van der Waals surface area contributed by atoms with Gasteiger partial charge in [0, 0.05) is 24.5 Å². The first-order valence-corrected chi connectivity index (χ1v) is 7.53. The minimum Gasteiger partial charge on any atom is -0.352 e. The number of hydrogen-bond acceptors (Lipinski definition) is 2. The Bertz CT molecular complexity index is 293. The molecule has 3 unspecified atom stereocenters. The third kappa shape index (κ3) is 3.25. The SMILES string of the molecule is CC1CCC(NC(=O)C2CCCCC2(C)C)CN1. The third-order valence-corrected chi connectivity index (χ3v) is 4.83. The Morgan fingerprint density at radius 1 is 1.22 bits per heavy atom. The highest BCUT2D eigenvalue weighted by Crippen LogP contribution is 2.40. The lowest BCUT2D eigenvalue weighted by molar-refractivity contribution is -0.131. The van der Waals surface area contributed by atoms with Crippen molar-refractivity contribution in [3.05, 3.63) is 0 Å². The summed E-state index contributed by atoms with van der Waals surface area (Å²) >= 11 is 0. The Hall–Kier alpha value is -0.570. The summed E-state index contributed by atoms with van der Waals surface area (Å²) in [5.41, 5.74) is 0.178. The molecule has 1 aliphatic heterocycles. The predicted octanol–water partition coefficient (Wildman–Crippen LogP) is 2.46. The Balaban J connectivity index is 1.87. The van der Waals surface area contributed by atoms with Gasteiger partial charge in [0.25, 0.3) is 0 Å². The number of hydrogen-bond donors (Lipinski definition) is 2. The zero-order valence-electron chi connectivity index (χ0n) is 12.1. The van der Waals surface area contributed by atoms with E-state index < -0.39 is 0 Å². The molecule has 18 heavy (non-hydrogen) atoms. The fourth-order valence-electron chi connectivity index (χ4n) is 3.40. The predicted molar refractivity (Wildman–Crippen MR) is 74.4 cm³/mol. The Labute approximate surface area is 111 Å². The second-order valence-electron chi connectivity index (χ2n) is 6.88. The third-order valence-electron chi connectivity index (χ3n) is 4.83. The molecule has 0 aromatic rings. The largest absolute Gasteiger partial charge is 0.352 e. The number of nitrogens with one attached hydrogen (secondary N) is 2. The van der Waals surface area contributed by atoms with Gasteiger partial charge in [-0.25, -0.2) is 0 Å². The lowest BCUT2D eigenvalue weighted by atomic mass is 9.68. The Morgan fingerprint density at radius 2 is 2.00 bits per heavy atom. The quantitative estimate of drug-likeness (QED) is 0.792. The van der Waals surface area contributed by atoms with E-state index in [1.165, 1.54) is 25.7 Å². The lowest BCUT2D eigenvalue weighted by Crippen LogP contribution is -2.52. The van der Waals surface area contributed by atoms with Crippen LogP contribution in [-0.4, -0.2) is 24.5 Å². The second-order valence-corrected chi connectivity index (χ2v) is 6.88. The van der Waals surface area contributed by atoms with E-state index in [-0.39, 0.29) is 11.3 Å². The smallest absolute Gasteiger partial charge is 0.223 e. The zero-order valence-corrected chi connectivity index (χ0v) is 12.1. The van der Waals surface area contributed by atoms with Gasteiger partial charge >= 0.3 is 0 Å². The van der Waals surface area contributed by atoms with Crippen molar-refractivity contribution in [1.82, 2.24) is 10.6 Å². The van der Waals surface area contributed by atoms with Crippen molar-refractivity contribution in [2.75, 3.05) is 6.54 Å². The van der Waals surface area contributed by atoms with Crippen molar-refractivity contribution in [3.8, 4) is 0 Å². The minimum atomic E-state index is 0.178. The van der Waals surface area contributed by atoms with Crippen molar-refractivity contribution < 1.29 is 4.79 Å². The molecule has 104 valence electrons. The van der Waals surface area contributed by atoms with E-state index in [1.54, 1.807) is 0 Å². The molecule has 2 aliphatic rings. The van der Waals surface area contributed by atoms with E-state index in [2.05, 4.69) is 31.4 Å². The fraction of sp³-hybridized carbons (Fsp3) is 0.933. The van der Waals surface area contributed by atoms with Crippen LogP contribution in [0.5, 0.6) is 0 Å². The number of amides is 1. The van der Waals surface area contributed by atoms with Crippen LogP contribution in [0.2, 0.25) is 0 Å². The summed E-state index contributed by atoms with van der Waals surface area (Å²) in [6.45, 7) is 7.64. The van der Waals surface area contributed by atoms with Gasteiger partial charge < -0.3 is 10.6 Å². The maximum absolute atomic E-state index is 12.4. The van der Waals surface area contributed by atoms with Gasteiger partial charge in [0.15, 0.2) is 0 Å². The molecule has 0 radical (unpaired) electrons. The van der Waals surface area contributed by atoms with Gasteiger partial charge in [-0.1, -0.05) is 26.7 Å². The summed E-state index contributed by atoms with van der Waals surface area (Å²) in [6, 6.07) is 0.940.